The number of rotatable bonds is 7. The summed E-state index contributed by atoms with van der Waals surface area (Å²) in [6.45, 7) is 6.21. The Bertz CT molecular complexity index is 1140. The Hall–Kier alpha value is -3.00. The van der Waals surface area contributed by atoms with E-state index in [-0.39, 0.29) is 4.90 Å². The van der Waals surface area contributed by atoms with Gasteiger partial charge in [-0.25, -0.2) is 8.42 Å². The molecule has 7 nitrogen and oxygen atoms in total. The van der Waals surface area contributed by atoms with Crippen LogP contribution in [0.1, 0.15) is 22.5 Å². The number of nitrogens with one attached hydrogen (secondary N) is 1. The first-order valence-electron chi connectivity index (χ1n) is 9.09. The Morgan fingerprint density at radius 2 is 1.69 bits per heavy atom. The van der Waals surface area contributed by atoms with Crippen LogP contribution in [0, 0.1) is 20.8 Å². The first-order chi connectivity index (χ1) is 13.7. The highest BCUT2D eigenvalue weighted by Crippen LogP contribution is 2.33. The van der Waals surface area contributed by atoms with E-state index in [9.17, 15) is 8.42 Å². The molecule has 1 aromatic heterocycles. The molecule has 0 saturated heterocycles. The van der Waals surface area contributed by atoms with Crippen LogP contribution >= 0.6 is 0 Å². The molecule has 0 aliphatic carbocycles. The SMILES string of the molecule is COc1cc(C)c(S(=O)(=O)Nc2cccc(Cn3nc(C)cc3C)c2)cc1OC. The lowest BCUT2D eigenvalue weighted by Gasteiger charge is -2.15. The predicted molar refractivity (Wildman–Crippen MR) is 112 cm³/mol. The van der Waals surface area contributed by atoms with Gasteiger partial charge >= 0.3 is 0 Å². The highest BCUT2D eigenvalue weighted by Gasteiger charge is 2.20. The van der Waals surface area contributed by atoms with Crippen molar-refractivity contribution in [2.75, 3.05) is 18.9 Å². The molecule has 0 amide bonds. The van der Waals surface area contributed by atoms with Crippen LogP contribution in [0.3, 0.4) is 0 Å². The van der Waals surface area contributed by atoms with Gasteiger partial charge in [-0.05, 0) is 56.2 Å². The average molecular weight is 416 g/mol. The number of anilines is 1. The van der Waals surface area contributed by atoms with E-state index in [1.165, 1.54) is 20.3 Å². The van der Waals surface area contributed by atoms with Crippen molar-refractivity contribution in [3.63, 3.8) is 0 Å². The zero-order valence-corrected chi connectivity index (χ0v) is 18.0. The van der Waals surface area contributed by atoms with E-state index in [2.05, 4.69) is 9.82 Å². The van der Waals surface area contributed by atoms with Crippen molar-refractivity contribution in [1.29, 1.82) is 0 Å². The Morgan fingerprint density at radius 3 is 2.31 bits per heavy atom. The fourth-order valence-electron chi connectivity index (χ4n) is 3.20. The molecule has 0 aliphatic heterocycles. The smallest absolute Gasteiger partial charge is 0.262 e. The van der Waals surface area contributed by atoms with Gasteiger partial charge in [-0.3, -0.25) is 9.40 Å². The molecule has 2 aromatic carbocycles. The molecule has 0 radical (unpaired) electrons. The molecule has 3 rings (SSSR count). The van der Waals surface area contributed by atoms with Gasteiger partial charge in [0, 0.05) is 17.4 Å². The van der Waals surface area contributed by atoms with Crippen LogP contribution < -0.4 is 14.2 Å². The summed E-state index contributed by atoms with van der Waals surface area (Å²) in [4.78, 5) is 0.138. The molecule has 0 atom stereocenters. The molecular formula is C21H25N3O4S. The highest BCUT2D eigenvalue weighted by atomic mass is 32.2. The number of ether oxygens (including phenoxy) is 2. The third-order valence-corrected chi connectivity index (χ3v) is 6.11. The molecule has 0 spiro atoms. The summed E-state index contributed by atoms with van der Waals surface area (Å²) >= 11 is 0. The Kier molecular flexibility index (Phi) is 5.83. The maximum atomic E-state index is 13.0. The number of aryl methyl sites for hydroxylation is 3. The zero-order valence-electron chi connectivity index (χ0n) is 17.2. The zero-order chi connectivity index (χ0) is 21.2. The van der Waals surface area contributed by atoms with E-state index in [1.54, 1.807) is 19.1 Å². The number of sulfonamides is 1. The van der Waals surface area contributed by atoms with E-state index in [4.69, 9.17) is 9.47 Å². The van der Waals surface area contributed by atoms with Gasteiger partial charge in [-0.15, -0.1) is 0 Å². The molecule has 29 heavy (non-hydrogen) atoms. The Labute approximate surface area is 171 Å². The van der Waals surface area contributed by atoms with Crippen LogP contribution in [0.5, 0.6) is 11.5 Å². The second kappa shape index (κ2) is 8.16. The van der Waals surface area contributed by atoms with Gasteiger partial charge in [-0.2, -0.15) is 5.10 Å². The van der Waals surface area contributed by atoms with Crippen molar-refractivity contribution in [2.45, 2.75) is 32.2 Å². The monoisotopic (exact) mass is 415 g/mol. The van der Waals surface area contributed by atoms with E-state index < -0.39 is 10.0 Å². The van der Waals surface area contributed by atoms with Gasteiger partial charge in [0.25, 0.3) is 10.0 Å². The van der Waals surface area contributed by atoms with Gasteiger partial charge < -0.3 is 9.47 Å². The predicted octanol–water partition coefficient (Wildman–Crippen LogP) is 3.67. The fraction of sp³-hybridized carbons (Fsp3) is 0.286. The molecule has 8 heteroatoms. The van der Waals surface area contributed by atoms with Crippen molar-refractivity contribution in [3.8, 4) is 11.5 Å². The van der Waals surface area contributed by atoms with Crippen molar-refractivity contribution in [3.05, 3.63) is 65.0 Å². The second-order valence-corrected chi connectivity index (χ2v) is 8.51. The molecule has 154 valence electrons. The van der Waals surface area contributed by atoms with Crippen LogP contribution in [0.4, 0.5) is 5.69 Å². The summed E-state index contributed by atoms with van der Waals surface area (Å²) in [5.74, 6) is 0.840. The third kappa shape index (κ3) is 4.54. The minimum Gasteiger partial charge on any atom is -0.493 e. The van der Waals surface area contributed by atoms with E-state index in [0.717, 1.165) is 17.0 Å². The largest absolute Gasteiger partial charge is 0.493 e. The summed E-state index contributed by atoms with van der Waals surface area (Å²) in [6, 6.07) is 12.4. The lowest BCUT2D eigenvalue weighted by atomic mass is 10.2. The van der Waals surface area contributed by atoms with E-state index in [1.807, 2.05) is 42.8 Å². The first-order valence-corrected chi connectivity index (χ1v) is 10.6. The summed E-state index contributed by atoms with van der Waals surface area (Å²) in [7, 11) is -0.820. The molecule has 1 N–H and O–H groups in total. The van der Waals surface area contributed by atoms with Crippen molar-refractivity contribution < 1.29 is 17.9 Å². The number of hydrogen-bond donors (Lipinski definition) is 1. The van der Waals surface area contributed by atoms with Gasteiger partial charge in [0.05, 0.1) is 31.4 Å². The standard InChI is InChI=1S/C21H25N3O4S/c1-14-9-19(27-4)20(28-5)12-21(14)29(25,26)23-18-8-6-7-17(11-18)13-24-16(3)10-15(2)22-24/h6-12,23H,13H2,1-5H3. The molecule has 0 aliphatic rings. The summed E-state index contributed by atoms with van der Waals surface area (Å²) in [5, 5.41) is 4.46. The van der Waals surface area contributed by atoms with Crippen LogP contribution in [0.25, 0.3) is 0 Å². The Balaban J connectivity index is 1.88. The van der Waals surface area contributed by atoms with E-state index >= 15 is 0 Å². The highest BCUT2D eigenvalue weighted by molar-refractivity contribution is 7.92. The lowest BCUT2D eigenvalue weighted by molar-refractivity contribution is 0.353. The molecule has 1 heterocycles. The topological polar surface area (TPSA) is 82.5 Å². The quantitative estimate of drug-likeness (QED) is 0.637. The minimum atomic E-state index is -3.80. The number of aromatic nitrogens is 2. The number of nitrogens with zero attached hydrogens (tertiary/aromatic N) is 2. The fourth-order valence-corrected chi connectivity index (χ4v) is 4.49. The molecule has 0 fully saturated rings. The van der Waals surface area contributed by atoms with Crippen LogP contribution in [-0.4, -0.2) is 32.4 Å². The maximum absolute atomic E-state index is 13.0. The molecule has 0 bridgehead atoms. The van der Waals surface area contributed by atoms with Crippen molar-refractivity contribution >= 4 is 15.7 Å². The molecule has 3 aromatic rings. The maximum Gasteiger partial charge on any atom is 0.262 e. The van der Waals surface area contributed by atoms with Gasteiger partial charge in [0.2, 0.25) is 0 Å². The Morgan fingerprint density at radius 1 is 1.00 bits per heavy atom. The normalized spacial score (nSPS) is 11.3. The van der Waals surface area contributed by atoms with Crippen molar-refractivity contribution in [1.82, 2.24) is 9.78 Å². The summed E-state index contributed by atoms with van der Waals surface area (Å²) < 4.78 is 41.0. The van der Waals surface area contributed by atoms with Crippen LogP contribution in [-0.2, 0) is 16.6 Å². The summed E-state index contributed by atoms with van der Waals surface area (Å²) in [6.07, 6.45) is 0. The second-order valence-electron chi connectivity index (χ2n) is 6.86. The molecular weight excluding hydrogens is 390 g/mol. The first kappa shape index (κ1) is 20.7. The van der Waals surface area contributed by atoms with Gasteiger partial charge in [0.1, 0.15) is 0 Å². The molecule has 0 saturated carbocycles. The number of hydrogen-bond acceptors (Lipinski definition) is 5. The summed E-state index contributed by atoms with van der Waals surface area (Å²) in [5.41, 5.74) is 3.99. The minimum absolute atomic E-state index is 0.138. The average Bonchev–Trinajstić information content (AvgIpc) is 2.98. The van der Waals surface area contributed by atoms with Gasteiger partial charge in [-0.1, -0.05) is 12.1 Å². The molecule has 0 unspecified atom stereocenters. The lowest BCUT2D eigenvalue weighted by Crippen LogP contribution is -2.15. The van der Waals surface area contributed by atoms with Crippen LogP contribution in [0.15, 0.2) is 47.4 Å². The number of benzene rings is 2. The van der Waals surface area contributed by atoms with Crippen molar-refractivity contribution in [2.24, 2.45) is 0 Å². The van der Waals surface area contributed by atoms with E-state index in [0.29, 0.717) is 29.3 Å². The van der Waals surface area contributed by atoms with Gasteiger partial charge in [0.15, 0.2) is 11.5 Å². The third-order valence-electron chi connectivity index (χ3n) is 4.59. The van der Waals surface area contributed by atoms with Crippen LogP contribution in [0.2, 0.25) is 0 Å². The number of methoxy groups -OCH3 is 2.